The first-order chi connectivity index (χ1) is 6.11. The highest BCUT2D eigenvalue weighted by molar-refractivity contribution is 9.10. The van der Waals surface area contributed by atoms with Gasteiger partial charge < -0.3 is 0 Å². The normalized spacial score (nSPS) is 26.2. The number of halogens is 3. The summed E-state index contributed by atoms with van der Waals surface area (Å²) in [7, 11) is 0. The molecule has 0 fully saturated rings. The second-order valence-corrected chi connectivity index (χ2v) is 4.78. The van der Waals surface area contributed by atoms with Crippen molar-refractivity contribution in [2.24, 2.45) is 5.92 Å². The van der Waals surface area contributed by atoms with E-state index in [9.17, 15) is 4.39 Å². The molecule has 1 aliphatic carbocycles. The van der Waals surface area contributed by atoms with Crippen LogP contribution in [0.4, 0.5) is 4.39 Å². The summed E-state index contributed by atoms with van der Waals surface area (Å²) in [4.78, 5) is 0. The first kappa shape index (κ1) is 9.47. The zero-order valence-electron chi connectivity index (χ0n) is 7.15. The monoisotopic (exact) mass is 262 g/mol. The van der Waals surface area contributed by atoms with E-state index in [1.54, 1.807) is 6.07 Å². The lowest BCUT2D eigenvalue weighted by molar-refractivity contribution is 0.603. The molecule has 2 rings (SSSR count). The predicted octanol–water partition coefficient (Wildman–Crippen LogP) is 4.06. The summed E-state index contributed by atoms with van der Waals surface area (Å²) in [6.45, 7) is 2.09. The molecular weight excluding hydrogens is 254 g/mol. The molecule has 1 aromatic rings. The lowest BCUT2D eigenvalue weighted by Gasteiger charge is -2.06. The fourth-order valence-corrected chi connectivity index (χ4v) is 2.62. The van der Waals surface area contributed by atoms with Crippen LogP contribution in [0.25, 0.3) is 0 Å². The molecule has 70 valence electrons. The van der Waals surface area contributed by atoms with Gasteiger partial charge in [-0.2, -0.15) is 0 Å². The molecule has 0 aliphatic heterocycles. The predicted molar refractivity (Wildman–Crippen MR) is 55.6 cm³/mol. The van der Waals surface area contributed by atoms with Crippen LogP contribution in [-0.4, -0.2) is 0 Å². The lowest BCUT2D eigenvalue weighted by Crippen LogP contribution is -1.94. The minimum Gasteiger partial charge on any atom is -0.206 e. The van der Waals surface area contributed by atoms with E-state index in [-0.39, 0.29) is 11.2 Å². The average molecular weight is 264 g/mol. The third-order valence-corrected chi connectivity index (χ3v) is 4.08. The van der Waals surface area contributed by atoms with Gasteiger partial charge in [0.25, 0.3) is 0 Å². The van der Waals surface area contributed by atoms with Gasteiger partial charge in [0.05, 0.1) is 9.85 Å². The van der Waals surface area contributed by atoms with Crippen LogP contribution in [0.3, 0.4) is 0 Å². The van der Waals surface area contributed by atoms with Gasteiger partial charge in [0.2, 0.25) is 0 Å². The number of fused-ring (bicyclic) bond motifs is 1. The van der Waals surface area contributed by atoms with Crippen LogP contribution >= 0.6 is 27.5 Å². The minimum absolute atomic E-state index is 0.0342. The summed E-state index contributed by atoms with van der Waals surface area (Å²) in [5, 5.41) is 0.0342. The van der Waals surface area contributed by atoms with E-state index in [2.05, 4.69) is 22.9 Å². The summed E-state index contributed by atoms with van der Waals surface area (Å²) in [5.74, 6) is 0.200. The topological polar surface area (TPSA) is 0 Å². The van der Waals surface area contributed by atoms with Crippen LogP contribution in [-0.2, 0) is 6.42 Å². The Balaban J connectivity index is 2.57. The number of benzene rings is 1. The maximum Gasteiger partial charge on any atom is 0.137 e. The Morgan fingerprint density at radius 2 is 2.23 bits per heavy atom. The van der Waals surface area contributed by atoms with E-state index < -0.39 is 0 Å². The van der Waals surface area contributed by atoms with E-state index in [0.717, 1.165) is 17.5 Å². The Bertz CT molecular complexity index is 351. The first-order valence-electron chi connectivity index (χ1n) is 4.22. The van der Waals surface area contributed by atoms with Crippen LogP contribution in [0.2, 0.25) is 0 Å². The van der Waals surface area contributed by atoms with Gasteiger partial charge in [0, 0.05) is 0 Å². The molecule has 13 heavy (non-hydrogen) atoms. The van der Waals surface area contributed by atoms with Crippen LogP contribution < -0.4 is 0 Å². The van der Waals surface area contributed by atoms with Crippen LogP contribution in [0.15, 0.2) is 16.6 Å². The van der Waals surface area contributed by atoms with Crippen molar-refractivity contribution >= 4 is 27.5 Å². The smallest absolute Gasteiger partial charge is 0.137 e. The van der Waals surface area contributed by atoms with Gasteiger partial charge in [-0.25, -0.2) is 4.39 Å². The number of hydrogen-bond acceptors (Lipinski definition) is 0. The molecule has 0 spiro atoms. The zero-order chi connectivity index (χ0) is 9.59. The summed E-state index contributed by atoms with van der Waals surface area (Å²) in [5.41, 5.74) is 2.11. The summed E-state index contributed by atoms with van der Waals surface area (Å²) >= 11 is 9.43. The molecule has 0 amide bonds. The van der Waals surface area contributed by atoms with Crippen LogP contribution in [0.1, 0.15) is 23.4 Å². The van der Waals surface area contributed by atoms with Crippen molar-refractivity contribution in [2.75, 3.05) is 0 Å². The van der Waals surface area contributed by atoms with Crippen molar-refractivity contribution in [3.8, 4) is 0 Å². The van der Waals surface area contributed by atoms with Crippen molar-refractivity contribution in [1.82, 2.24) is 0 Å². The van der Waals surface area contributed by atoms with Crippen molar-refractivity contribution in [2.45, 2.75) is 18.7 Å². The molecule has 3 heteroatoms. The molecule has 2 atom stereocenters. The number of rotatable bonds is 0. The molecule has 0 N–H and O–H groups in total. The van der Waals surface area contributed by atoms with Gasteiger partial charge >= 0.3 is 0 Å². The van der Waals surface area contributed by atoms with Crippen molar-refractivity contribution in [1.29, 1.82) is 0 Å². The van der Waals surface area contributed by atoms with Gasteiger partial charge in [-0.05, 0) is 45.5 Å². The standard InChI is InChI=1S/C10H9BrClF/c1-5-4-7-6(10(5)12)2-3-8(13)9(7)11/h2-3,5,10H,4H2,1H3. The molecule has 1 aromatic carbocycles. The largest absolute Gasteiger partial charge is 0.206 e. The molecule has 0 nitrogen and oxygen atoms in total. The van der Waals surface area contributed by atoms with Gasteiger partial charge in [0.1, 0.15) is 5.82 Å². The highest BCUT2D eigenvalue weighted by Crippen LogP contribution is 2.43. The van der Waals surface area contributed by atoms with Crippen molar-refractivity contribution < 1.29 is 4.39 Å². The maximum atomic E-state index is 13.1. The fraction of sp³-hybridized carbons (Fsp3) is 0.400. The van der Waals surface area contributed by atoms with Gasteiger partial charge in [-0.1, -0.05) is 13.0 Å². The van der Waals surface area contributed by atoms with E-state index in [1.807, 2.05) is 0 Å². The highest BCUT2D eigenvalue weighted by Gasteiger charge is 2.29. The molecular formula is C10H9BrClF. The molecule has 0 radical (unpaired) electrons. The second kappa shape index (κ2) is 3.25. The Kier molecular flexibility index (Phi) is 2.37. The van der Waals surface area contributed by atoms with Gasteiger partial charge in [0.15, 0.2) is 0 Å². The molecule has 0 saturated heterocycles. The summed E-state index contributed by atoms with van der Waals surface area (Å²) < 4.78 is 13.7. The molecule has 2 unspecified atom stereocenters. The van der Waals surface area contributed by atoms with Gasteiger partial charge in [-0.15, -0.1) is 11.6 Å². The molecule has 0 saturated carbocycles. The lowest BCUT2D eigenvalue weighted by atomic mass is 10.1. The summed E-state index contributed by atoms with van der Waals surface area (Å²) in [6, 6.07) is 3.26. The van der Waals surface area contributed by atoms with E-state index >= 15 is 0 Å². The summed E-state index contributed by atoms with van der Waals surface area (Å²) in [6.07, 6.45) is 0.863. The third-order valence-electron chi connectivity index (χ3n) is 2.56. The fourth-order valence-electron chi connectivity index (χ4n) is 1.81. The van der Waals surface area contributed by atoms with Gasteiger partial charge in [-0.3, -0.25) is 0 Å². The van der Waals surface area contributed by atoms with E-state index in [1.165, 1.54) is 6.07 Å². The molecule has 0 bridgehead atoms. The Morgan fingerprint density at radius 3 is 2.92 bits per heavy atom. The van der Waals surface area contributed by atoms with E-state index in [0.29, 0.717) is 10.4 Å². The SMILES string of the molecule is CC1Cc2c(ccc(F)c2Br)C1Cl. The number of hydrogen-bond donors (Lipinski definition) is 0. The highest BCUT2D eigenvalue weighted by atomic mass is 79.9. The van der Waals surface area contributed by atoms with Crippen molar-refractivity contribution in [3.63, 3.8) is 0 Å². The van der Waals surface area contributed by atoms with Crippen LogP contribution in [0, 0.1) is 11.7 Å². The Hall–Kier alpha value is -0.0800. The molecule has 0 heterocycles. The minimum atomic E-state index is -0.197. The average Bonchev–Trinajstić information content (AvgIpc) is 2.38. The Morgan fingerprint density at radius 1 is 1.54 bits per heavy atom. The molecule has 0 aromatic heterocycles. The molecule has 1 aliphatic rings. The van der Waals surface area contributed by atoms with Crippen LogP contribution in [0.5, 0.6) is 0 Å². The second-order valence-electron chi connectivity index (χ2n) is 3.51. The number of alkyl halides is 1. The Labute approximate surface area is 90.2 Å². The maximum absolute atomic E-state index is 13.1. The van der Waals surface area contributed by atoms with E-state index in [4.69, 9.17) is 11.6 Å². The third kappa shape index (κ3) is 1.40. The quantitative estimate of drug-likeness (QED) is 0.619. The first-order valence-corrected chi connectivity index (χ1v) is 5.45. The van der Waals surface area contributed by atoms with Crippen molar-refractivity contribution in [3.05, 3.63) is 33.5 Å². The zero-order valence-corrected chi connectivity index (χ0v) is 9.49.